The molecule has 2 aliphatic rings. The lowest BCUT2D eigenvalue weighted by Gasteiger charge is -2.28. The standard InChI is InChI=1S/C21H23NO/c1-14-8-10-17(11-9-14)21-19-15(2)20(16-6-4-3-5-7-16)22-18(19)12-13-23-21/h3-11,15,20-22H,12-13H2,1-2H3/t15-,20+,21-/m0/s1. The van der Waals surface area contributed by atoms with Crippen LogP contribution < -0.4 is 5.32 Å². The summed E-state index contributed by atoms with van der Waals surface area (Å²) in [6.07, 6.45) is 1.08. The van der Waals surface area contributed by atoms with E-state index < -0.39 is 0 Å². The molecule has 0 spiro atoms. The lowest BCUT2D eigenvalue weighted by molar-refractivity contribution is 0.0625. The van der Waals surface area contributed by atoms with Crippen molar-refractivity contribution in [3.8, 4) is 0 Å². The molecule has 0 bridgehead atoms. The van der Waals surface area contributed by atoms with E-state index in [-0.39, 0.29) is 6.10 Å². The fourth-order valence-electron chi connectivity index (χ4n) is 3.88. The van der Waals surface area contributed by atoms with Gasteiger partial charge >= 0.3 is 0 Å². The smallest absolute Gasteiger partial charge is 0.106 e. The summed E-state index contributed by atoms with van der Waals surface area (Å²) < 4.78 is 6.17. The highest BCUT2D eigenvalue weighted by molar-refractivity contribution is 5.39. The van der Waals surface area contributed by atoms with E-state index in [1.807, 2.05) is 0 Å². The van der Waals surface area contributed by atoms with Gasteiger partial charge in [-0.15, -0.1) is 0 Å². The molecule has 0 aliphatic carbocycles. The molecule has 0 saturated heterocycles. The number of hydrogen-bond acceptors (Lipinski definition) is 2. The molecule has 2 aromatic carbocycles. The van der Waals surface area contributed by atoms with Gasteiger partial charge in [0.1, 0.15) is 6.10 Å². The van der Waals surface area contributed by atoms with E-state index in [2.05, 4.69) is 73.8 Å². The van der Waals surface area contributed by atoms with Crippen LogP contribution in [0, 0.1) is 12.8 Å². The van der Waals surface area contributed by atoms with E-state index in [4.69, 9.17) is 4.74 Å². The SMILES string of the molecule is Cc1ccc([C@@H]2OCCC3=C2[C@H](C)[C@H](c2ccccc2)N3)cc1. The minimum absolute atomic E-state index is 0.0931. The Morgan fingerprint density at radius 1 is 0.957 bits per heavy atom. The third-order valence-electron chi connectivity index (χ3n) is 5.13. The molecule has 0 saturated carbocycles. The van der Waals surface area contributed by atoms with Gasteiger partial charge < -0.3 is 10.1 Å². The van der Waals surface area contributed by atoms with Gasteiger partial charge in [0, 0.05) is 18.0 Å². The summed E-state index contributed by atoms with van der Waals surface area (Å²) in [5, 5.41) is 3.77. The molecule has 2 heteroatoms. The van der Waals surface area contributed by atoms with Crippen LogP contribution >= 0.6 is 0 Å². The van der Waals surface area contributed by atoms with E-state index >= 15 is 0 Å². The molecule has 23 heavy (non-hydrogen) atoms. The Balaban J connectivity index is 1.67. The molecule has 2 aromatic rings. The van der Waals surface area contributed by atoms with Crippen molar-refractivity contribution in [2.75, 3.05) is 6.61 Å². The quantitative estimate of drug-likeness (QED) is 0.869. The average molecular weight is 305 g/mol. The third-order valence-corrected chi connectivity index (χ3v) is 5.13. The summed E-state index contributed by atoms with van der Waals surface area (Å²) in [6, 6.07) is 19.9. The molecule has 3 atom stereocenters. The van der Waals surface area contributed by atoms with Gasteiger partial charge in [-0.25, -0.2) is 0 Å². The highest BCUT2D eigenvalue weighted by atomic mass is 16.5. The Bertz CT molecular complexity index is 717. The first kappa shape index (κ1) is 14.5. The Morgan fingerprint density at radius 2 is 1.70 bits per heavy atom. The molecular weight excluding hydrogens is 282 g/mol. The molecule has 0 radical (unpaired) electrons. The van der Waals surface area contributed by atoms with Gasteiger partial charge in [0.25, 0.3) is 0 Å². The molecular formula is C21H23NO. The zero-order chi connectivity index (χ0) is 15.8. The maximum atomic E-state index is 6.17. The maximum Gasteiger partial charge on any atom is 0.106 e. The van der Waals surface area contributed by atoms with Crippen LogP contribution in [0.3, 0.4) is 0 Å². The van der Waals surface area contributed by atoms with Crippen molar-refractivity contribution in [1.29, 1.82) is 0 Å². The number of aryl methyl sites for hydroxylation is 1. The first-order chi connectivity index (χ1) is 11.2. The predicted molar refractivity (Wildman–Crippen MR) is 93.0 cm³/mol. The van der Waals surface area contributed by atoms with Crippen molar-refractivity contribution in [3.63, 3.8) is 0 Å². The molecule has 118 valence electrons. The lowest BCUT2D eigenvalue weighted by atomic mass is 9.85. The summed E-state index contributed by atoms with van der Waals surface area (Å²) in [5.41, 5.74) is 6.75. The van der Waals surface area contributed by atoms with Crippen LogP contribution in [0.4, 0.5) is 0 Å². The highest BCUT2D eigenvalue weighted by Gasteiger charge is 2.39. The molecule has 0 amide bonds. The first-order valence-corrected chi connectivity index (χ1v) is 8.46. The first-order valence-electron chi connectivity index (χ1n) is 8.46. The van der Waals surface area contributed by atoms with Gasteiger partial charge in [0.05, 0.1) is 12.6 Å². The van der Waals surface area contributed by atoms with Crippen LogP contribution in [0.15, 0.2) is 65.9 Å². The Kier molecular flexibility index (Phi) is 3.70. The minimum atomic E-state index is 0.0931. The van der Waals surface area contributed by atoms with Gasteiger partial charge in [-0.1, -0.05) is 67.1 Å². The Labute approximate surface area is 138 Å². The van der Waals surface area contributed by atoms with Crippen molar-refractivity contribution < 1.29 is 4.74 Å². The summed E-state index contributed by atoms with van der Waals surface area (Å²) >= 11 is 0. The van der Waals surface area contributed by atoms with Gasteiger partial charge in [-0.05, 0) is 23.6 Å². The number of ether oxygens (including phenoxy) is 1. The van der Waals surface area contributed by atoms with E-state index in [0.717, 1.165) is 13.0 Å². The zero-order valence-electron chi connectivity index (χ0n) is 13.8. The molecule has 0 fully saturated rings. The van der Waals surface area contributed by atoms with Crippen molar-refractivity contribution in [2.24, 2.45) is 5.92 Å². The fraction of sp³-hybridized carbons (Fsp3) is 0.333. The van der Waals surface area contributed by atoms with Crippen molar-refractivity contribution in [3.05, 3.63) is 82.6 Å². The number of nitrogens with one attached hydrogen (secondary N) is 1. The van der Waals surface area contributed by atoms with Crippen LogP contribution in [0.1, 0.15) is 42.2 Å². The summed E-state index contributed by atoms with van der Waals surface area (Å²) in [4.78, 5) is 0. The molecule has 1 N–H and O–H groups in total. The normalized spacial score (nSPS) is 26.8. The van der Waals surface area contributed by atoms with Gasteiger partial charge in [0.2, 0.25) is 0 Å². The highest BCUT2D eigenvalue weighted by Crippen LogP contribution is 2.46. The van der Waals surface area contributed by atoms with E-state index in [9.17, 15) is 0 Å². The lowest BCUT2D eigenvalue weighted by Crippen LogP contribution is -2.19. The van der Waals surface area contributed by atoms with Gasteiger partial charge in [0.15, 0.2) is 0 Å². The summed E-state index contributed by atoms with van der Waals surface area (Å²) in [5.74, 6) is 0.444. The molecule has 2 aliphatic heterocycles. The second-order valence-corrected chi connectivity index (χ2v) is 6.67. The number of benzene rings is 2. The van der Waals surface area contributed by atoms with Crippen molar-refractivity contribution in [2.45, 2.75) is 32.4 Å². The summed E-state index contributed by atoms with van der Waals surface area (Å²) in [6.45, 7) is 5.24. The monoisotopic (exact) mass is 305 g/mol. The largest absolute Gasteiger partial charge is 0.381 e. The van der Waals surface area contributed by atoms with E-state index in [1.54, 1.807) is 0 Å². The molecule has 2 nitrogen and oxygen atoms in total. The molecule has 4 rings (SSSR count). The van der Waals surface area contributed by atoms with Crippen LogP contribution in [-0.2, 0) is 4.74 Å². The Hall–Kier alpha value is -2.06. The van der Waals surface area contributed by atoms with Gasteiger partial charge in [-0.2, -0.15) is 0 Å². The van der Waals surface area contributed by atoms with Crippen molar-refractivity contribution in [1.82, 2.24) is 5.32 Å². The topological polar surface area (TPSA) is 21.3 Å². The van der Waals surface area contributed by atoms with Crippen LogP contribution in [0.5, 0.6) is 0 Å². The molecule has 0 aromatic heterocycles. The van der Waals surface area contributed by atoms with Gasteiger partial charge in [-0.3, -0.25) is 0 Å². The van der Waals surface area contributed by atoms with Crippen LogP contribution in [-0.4, -0.2) is 6.61 Å². The molecule has 2 heterocycles. The van der Waals surface area contributed by atoms with Crippen molar-refractivity contribution >= 4 is 0 Å². The second kappa shape index (κ2) is 5.86. The van der Waals surface area contributed by atoms with E-state index in [1.165, 1.54) is 28.0 Å². The predicted octanol–water partition coefficient (Wildman–Crippen LogP) is 4.69. The van der Waals surface area contributed by atoms with E-state index in [0.29, 0.717) is 12.0 Å². The summed E-state index contributed by atoms with van der Waals surface area (Å²) in [7, 11) is 0. The number of hydrogen-bond donors (Lipinski definition) is 1. The molecule has 0 unspecified atom stereocenters. The van der Waals surface area contributed by atoms with Crippen LogP contribution in [0.2, 0.25) is 0 Å². The average Bonchev–Trinajstić information content (AvgIpc) is 2.94. The Morgan fingerprint density at radius 3 is 2.43 bits per heavy atom. The third kappa shape index (κ3) is 2.57. The fourth-order valence-corrected chi connectivity index (χ4v) is 3.88. The maximum absolute atomic E-state index is 6.17. The zero-order valence-corrected chi connectivity index (χ0v) is 13.8. The second-order valence-electron chi connectivity index (χ2n) is 6.67. The number of rotatable bonds is 2. The minimum Gasteiger partial charge on any atom is -0.381 e. The van der Waals surface area contributed by atoms with Crippen LogP contribution in [0.25, 0.3) is 0 Å².